The van der Waals surface area contributed by atoms with Crippen LogP contribution in [0.4, 0.5) is 5.82 Å². The Hall–Kier alpha value is -1.58. The third kappa shape index (κ3) is 3.71. The molecule has 3 N–H and O–H groups in total. The quantitative estimate of drug-likeness (QED) is 0.593. The number of amidine groups is 1. The van der Waals surface area contributed by atoms with E-state index in [2.05, 4.69) is 37.6 Å². The fourth-order valence-corrected chi connectivity index (χ4v) is 2.63. The molecule has 4 nitrogen and oxygen atoms in total. The molecule has 20 heavy (non-hydrogen) atoms. The second-order valence-electron chi connectivity index (χ2n) is 5.76. The van der Waals surface area contributed by atoms with Crippen molar-refractivity contribution >= 4 is 11.7 Å². The molecule has 1 rings (SSSR count). The third-order valence-corrected chi connectivity index (χ3v) is 3.63. The predicted octanol–water partition coefficient (Wildman–Crippen LogP) is 3.33. The summed E-state index contributed by atoms with van der Waals surface area (Å²) in [5.41, 5.74) is 7.58. The molecule has 4 heteroatoms. The number of aromatic nitrogens is 1. The summed E-state index contributed by atoms with van der Waals surface area (Å²) in [5.74, 6) is 1.50. The van der Waals surface area contributed by atoms with Crippen LogP contribution in [0.2, 0.25) is 0 Å². The fourth-order valence-electron chi connectivity index (χ4n) is 2.63. The number of rotatable bonds is 7. The summed E-state index contributed by atoms with van der Waals surface area (Å²) < 4.78 is 0. The van der Waals surface area contributed by atoms with Gasteiger partial charge in [0.05, 0.1) is 5.56 Å². The van der Waals surface area contributed by atoms with E-state index in [1.807, 2.05) is 19.2 Å². The first-order chi connectivity index (χ1) is 9.42. The number of anilines is 1. The van der Waals surface area contributed by atoms with Gasteiger partial charge in [-0.2, -0.15) is 0 Å². The van der Waals surface area contributed by atoms with Gasteiger partial charge in [-0.05, 0) is 37.3 Å². The zero-order valence-corrected chi connectivity index (χ0v) is 13.4. The van der Waals surface area contributed by atoms with Gasteiger partial charge in [-0.1, -0.05) is 27.7 Å². The molecule has 1 heterocycles. The lowest BCUT2D eigenvalue weighted by atomic mass is 10.0. The Labute approximate surface area is 122 Å². The van der Waals surface area contributed by atoms with Crippen molar-refractivity contribution in [1.29, 1.82) is 5.41 Å². The highest BCUT2D eigenvalue weighted by Gasteiger charge is 2.22. The Balaban J connectivity index is 3.33. The van der Waals surface area contributed by atoms with Crippen molar-refractivity contribution < 1.29 is 0 Å². The van der Waals surface area contributed by atoms with Gasteiger partial charge in [-0.25, -0.2) is 4.98 Å². The first-order valence-electron chi connectivity index (χ1n) is 7.48. The molecular formula is C16H28N4. The second kappa shape index (κ2) is 7.27. The van der Waals surface area contributed by atoms with Crippen LogP contribution < -0.4 is 10.6 Å². The van der Waals surface area contributed by atoms with Gasteiger partial charge in [0.2, 0.25) is 0 Å². The van der Waals surface area contributed by atoms with Crippen LogP contribution >= 0.6 is 0 Å². The van der Waals surface area contributed by atoms with Crippen molar-refractivity contribution in [1.82, 2.24) is 4.98 Å². The summed E-state index contributed by atoms with van der Waals surface area (Å²) in [4.78, 5) is 6.86. The molecule has 0 aromatic carbocycles. The first-order valence-corrected chi connectivity index (χ1v) is 7.48. The van der Waals surface area contributed by atoms with Crippen molar-refractivity contribution in [2.75, 3.05) is 11.4 Å². The molecule has 0 saturated carbocycles. The van der Waals surface area contributed by atoms with Gasteiger partial charge in [-0.15, -0.1) is 0 Å². The molecule has 0 bridgehead atoms. The van der Waals surface area contributed by atoms with Gasteiger partial charge < -0.3 is 10.6 Å². The minimum absolute atomic E-state index is 0.102. The van der Waals surface area contributed by atoms with Gasteiger partial charge in [-0.3, -0.25) is 5.41 Å². The van der Waals surface area contributed by atoms with Gasteiger partial charge in [0, 0.05) is 18.8 Å². The summed E-state index contributed by atoms with van der Waals surface area (Å²) in [6.45, 7) is 11.7. The summed E-state index contributed by atoms with van der Waals surface area (Å²) in [7, 11) is 0. The Kier molecular flexibility index (Phi) is 5.99. The lowest BCUT2D eigenvalue weighted by molar-refractivity contribution is 0.503. The summed E-state index contributed by atoms with van der Waals surface area (Å²) in [6, 6.07) is 2.35. The predicted molar refractivity (Wildman–Crippen MR) is 86.5 cm³/mol. The molecule has 0 aliphatic heterocycles. The number of nitrogen functional groups attached to an aromatic ring is 1. The maximum atomic E-state index is 7.86. The highest BCUT2D eigenvalue weighted by molar-refractivity contribution is 6.01. The number of pyridine rings is 1. The summed E-state index contributed by atoms with van der Waals surface area (Å²) >= 11 is 0. The van der Waals surface area contributed by atoms with Crippen LogP contribution in [-0.4, -0.2) is 23.4 Å². The van der Waals surface area contributed by atoms with Crippen LogP contribution in [0.25, 0.3) is 0 Å². The molecule has 0 spiro atoms. The average Bonchev–Trinajstić information content (AvgIpc) is 2.37. The van der Waals surface area contributed by atoms with Crippen LogP contribution in [0.1, 0.15) is 51.7 Å². The zero-order valence-electron chi connectivity index (χ0n) is 13.4. The van der Waals surface area contributed by atoms with Crippen molar-refractivity contribution in [3.63, 3.8) is 0 Å². The lowest BCUT2D eigenvalue weighted by Crippen LogP contribution is -2.39. The number of nitrogens with one attached hydrogen (secondary N) is 1. The molecule has 0 fully saturated rings. The van der Waals surface area contributed by atoms with E-state index in [1.165, 1.54) is 0 Å². The van der Waals surface area contributed by atoms with E-state index in [1.54, 1.807) is 0 Å². The SMILES string of the molecule is CCC(CC)N(CC(C)C)c1nccc(C)c1C(=N)N. The van der Waals surface area contributed by atoms with E-state index in [0.29, 0.717) is 12.0 Å². The minimum Gasteiger partial charge on any atom is -0.384 e. The molecule has 0 radical (unpaired) electrons. The van der Waals surface area contributed by atoms with E-state index in [9.17, 15) is 0 Å². The minimum atomic E-state index is 0.102. The van der Waals surface area contributed by atoms with Crippen LogP contribution in [0.15, 0.2) is 12.3 Å². The number of hydrogen-bond acceptors (Lipinski definition) is 3. The van der Waals surface area contributed by atoms with Crippen molar-refractivity contribution in [2.45, 2.75) is 53.5 Å². The van der Waals surface area contributed by atoms with Crippen LogP contribution in [0.5, 0.6) is 0 Å². The lowest BCUT2D eigenvalue weighted by Gasteiger charge is -2.34. The normalized spacial score (nSPS) is 11.2. The van der Waals surface area contributed by atoms with E-state index in [4.69, 9.17) is 11.1 Å². The van der Waals surface area contributed by atoms with Gasteiger partial charge >= 0.3 is 0 Å². The van der Waals surface area contributed by atoms with Crippen molar-refractivity contribution in [2.24, 2.45) is 11.7 Å². The fraction of sp³-hybridized carbons (Fsp3) is 0.625. The molecule has 0 aliphatic rings. The van der Waals surface area contributed by atoms with Crippen LogP contribution in [0, 0.1) is 18.3 Å². The zero-order chi connectivity index (χ0) is 15.3. The van der Waals surface area contributed by atoms with Gasteiger partial charge in [0.1, 0.15) is 11.7 Å². The number of aryl methyl sites for hydroxylation is 1. The molecule has 0 amide bonds. The van der Waals surface area contributed by atoms with E-state index in [-0.39, 0.29) is 5.84 Å². The van der Waals surface area contributed by atoms with E-state index < -0.39 is 0 Å². The first kappa shape index (κ1) is 16.5. The Morgan fingerprint density at radius 1 is 1.35 bits per heavy atom. The molecule has 0 unspecified atom stereocenters. The molecule has 112 valence electrons. The third-order valence-electron chi connectivity index (χ3n) is 3.63. The summed E-state index contributed by atoms with van der Waals surface area (Å²) in [6.07, 6.45) is 3.94. The van der Waals surface area contributed by atoms with Gasteiger partial charge in [0.15, 0.2) is 0 Å². The molecule has 0 atom stereocenters. The summed E-state index contributed by atoms with van der Waals surface area (Å²) in [5, 5.41) is 7.86. The Morgan fingerprint density at radius 3 is 2.40 bits per heavy atom. The topological polar surface area (TPSA) is 66.0 Å². The number of nitrogens with zero attached hydrogens (tertiary/aromatic N) is 2. The molecule has 0 saturated heterocycles. The van der Waals surface area contributed by atoms with Gasteiger partial charge in [0.25, 0.3) is 0 Å². The smallest absolute Gasteiger partial charge is 0.140 e. The van der Waals surface area contributed by atoms with Crippen molar-refractivity contribution in [3.05, 3.63) is 23.4 Å². The van der Waals surface area contributed by atoms with E-state index >= 15 is 0 Å². The molecular weight excluding hydrogens is 248 g/mol. The Morgan fingerprint density at radius 2 is 1.95 bits per heavy atom. The largest absolute Gasteiger partial charge is 0.384 e. The maximum absolute atomic E-state index is 7.86. The van der Waals surface area contributed by atoms with Crippen LogP contribution in [-0.2, 0) is 0 Å². The number of hydrogen-bond donors (Lipinski definition) is 2. The second-order valence-corrected chi connectivity index (χ2v) is 5.76. The monoisotopic (exact) mass is 276 g/mol. The molecule has 0 aliphatic carbocycles. The van der Waals surface area contributed by atoms with Crippen LogP contribution in [0.3, 0.4) is 0 Å². The molecule has 1 aromatic heterocycles. The standard InChI is InChI=1S/C16H28N4/c1-6-13(7-2)20(10-11(3)4)16-14(15(17)18)12(5)8-9-19-16/h8-9,11,13H,6-7,10H2,1-5H3,(H3,17,18). The van der Waals surface area contributed by atoms with E-state index in [0.717, 1.165) is 36.3 Å². The maximum Gasteiger partial charge on any atom is 0.140 e. The average molecular weight is 276 g/mol. The molecule has 1 aromatic rings. The highest BCUT2D eigenvalue weighted by Crippen LogP contribution is 2.25. The number of nitrogens with two attached hydrogens (primary N) is 1. The Bertz CT molecular complexity index is 450. The highest BCUT2D eigenvalue weighted by atomic mass is 15.2. The van der Waals surface area contributed by atoms with Crippen molar-refractivity contribution in [3.8, 4) is 0 Å².